The van der Waals surface area contributed by atoms with E-state index >= 15 is 0 Å². The van der Waals surface area contributed by atoms with Crippen molar-refractivity contribution in [2.24, 2.45) is 0 Å². The molecule has 1 saturated heterocycles. The molecular weight excluding hydrogens is 484 g/mol. The number of piperazine rings is 1. The van der Waals surface area contributed by atoms with Crippen LogP contribution in [0, 0.1) is 26.6 Å². The highest BCUT2D eigenvalue weighted by Crippen LogP contribution is 2.39. The Morgan fingerprint density at radius 3 is 2.42 bits per heavy atom. The van der Waals surface area contributed by atoms with E-state index in [4.69, 9.17) is 0 Å². The largest absolute Gasteiger partial charge is 0.368 e. The molecule has 0 amide bonds. The Morgan fingerprint density at radius 1 is 1.13 bits per heavy atom. The standard InChI is InChI=1S/C15H23N3.C9H9FN2.C4H7FO.C2H6/c1-3-4-13-12(2)16-8-5-14(13)18-10-9-17-15(11-18)6-7-15;1-6-5-12-4-3-8(10)7(2)9(12)11-6;1-2-3-4(5)6;1-2/h5,8,17H,3-4,6-7,9-11H2,1-2H3;3-5H,1-2H3;2-3H2,1H3;1-2H3. The first-order chi connectivity index (χ1) is 18.2. The molecule has 0 aromatic carbocycles. The number of anilines is 1. The summed E-state index contributed by atoms with van der Waals surface area (Å²) >= 11 is 0. The molecule has 0 unspecified atom stereocenters. The van der Waals surface area contributed by atoms with Gasteiger partial charge in [0, 0.05) is 67.1 Å². The fourth-order valence-corrected chi connectivity index (χ4v) is 4.57. The molecule has 2 fully saturated rings. The highest BCUT2D eigenvalue weighted by Gasteiger charge is 2.45. The zero-order chi connectivity index (χ0) is 28.3. The van der Waals surface area contributed by atoms with Crippen molar-refractivity contribution in [2.75, 3.05) is 24.5 Å². The third-order valence-corrected chi connectivity index (χ3v) is 6.69. The van der Waals surface area contributed by atoms with Crippen molar-refractivity contribution >= 4 is 17.4 Å². The fourth-order valence-electron chi connectivity index (χ4n) is 4.57. The van der Waals surface area contributed by atoms with Crippen LogP contribution in [-0.4, -0.2) is 45.6 Å². The van der Waals surface area contributed by atoms with Gasteiger partial charge >= 0.3 is 6.04 Å². The van der Waals surface area contributed by atoms with Crippen molar-refractivity contribution < 1.29 is 13.6 Å². The lowest BCUT2D eigenvalue weighted by Gasteiger charge is -2.37. The van der Waals surface area contributed by atoms with Gasteiger partial charge < -0.3 is 14.6 Å². The van der Waals surface area contributed by atoms with E-state index in [0.717, 1.165) is 25.2 Å². The third-order valence-electron chi connectivity index (χ3n) is 6.69. The quantitative estimate of drug-likeness (QED) is 0.374. The number of aryl methyl sites for hydroxylation is 3. The number of hydrogen-bond donors (Lipinski definition) is 1. The van der Waals surface area contributed by atoms with Crippen molar-refractivity contribution in [3.05, 3.63) is 59.1 Å². The summed E-state index contributed by atoms with van der Waals surface area (Å²) in [5.41, 5.74) is 6.74. The average molecular weight is 530 g/mol. The van der Waals surface area contributed by atoms with Crippen LogP contribution in [0.15, 0.2) is 30.7 Å². The molecule has 1 N–H and O–H groups in total. The fraction of sp³-hybridized carbons (Fsp3) is 0.567. The normalized spacial score (nSPS) is 15.0. The van der Waals surface area contributed by atoms with E-state index in [-0.39, 0.29) is 12.2 Å². The number of carbonyl (C=O) groups excluding carboxylic acids is 1. The Morgan fingerprint density at radius 2 is 1.84 bits per heavy atom. The maximum Gasteiger partial charge on any atom is 0.301 e. The third kappa shape index (κ3) is 8.58. The van der Waals surface area contributed by atoms with Gasteiger partial charge in [0.1, 0.15) is 11.5 Å². The van der Waals surface area contributed by atoms with E-state index in [2.05, 4.69) is 40.1 Å². The second-order valence-corrected chi connectivity index (χ2v) is 9.78. The number of rotatable bonds is 5. The number of halogens is 2. The first-order valence-electron chi connectivity index (χ1n) is 13.9. The number of hydrogen-bond acceptors (Lipinski definition) is 5. The first kappa shape index (κ1) is 31.3. The predicted octanol–water partition coefficient (Wildman–Crippen LogP) is 6.68. The van der Waals surface area contributed by atoms with Gasteiger partial charge in [-0.05, 0) is 64.2 Å². The topological polar surface area (TPSA) is 62.5 Å². The second kappa shape index (κ2) is 14.9. The van der Waals surface area contributed by atoms with Crippen LogP contribution in [0.1, 0.15) is 82.3 Å². The molecule has 0 radical (unpaired) electrons. The summed E-state index contributed by atoms with van der Waals surface area (Å²) in [7, 11) is 0. The lowest BCUT2D eigenvalue weighted by molar-refractivity contribution is -0.129. The van der Waals surface area contributed by atoms with E-state index in [1.165, 1.54) is 48.8 Å². The highest BCUT2D eigenvalue weighted by atomic mass is 19.1. The van der Waals surface area contributed by atoms with Gasteiger partial charge in [-0.2, -0.15) is 4.39 Å². The maximum atomic E-state index is 13.0. The molecule has 1 spiro atoms. The van der Waals surface area contributed by atoms with Crippen molar-refractivity contribution in [2.45, 2.75) is 92.5 Å². The zero-order valence-electron chi connectivity index (χ0n) is 24.2. The smallest absolute Gasteiger partial charge is 0.301 e. The molecule has 38 heavy (non-hydrogen) atoms. The van der Waals surface area contributed by atoms with Crippen molar-refractivity contribution in [1.82, 2.24) is 19.7 Å². The summed E-state index contributed by atoms with van der Waals surface area (Å²) in [4.78, 5) is 20.6. The number of nitrogens with zero attached hydrogens (tertiary/aromatic N) is 4. The van der Waals surface area contributed by atoms with Crippen LogP contribution in [0.5, 0.6) is 0 Å². The van der Waals surface area contributed by atoms with Crippen LogP contribution in [0.3, 0.4) is 0 Å². The highest BCUT2D eigenvalue weighted by molar-refractivity contribution is 5.67. The van der Waals surface area contributed by atoms with Crippen molar-refractivity contribution in [1.29, 1.82) is 0 Å². The van der Waals surface area contributed by atoms with Crippen LogP contribution in [0.2, 0.25) is 0 Å². The van der Waals surface area contributed by atoms with E-state index in [0.29, 0.717) is 23.2 Å². The van der Waals surface area contributed by atoms with Gasteiger partial charge in [0.15, 0.2) is 0 Å². The Labute approximate surface area is 226 Å². The summed E-state index contributed by atoms with van der Waals surface area (Å²) in [5.74, 6) is -0.201. The minimum Gasteiger partial charge on any atom is -0.368 e. The maximum absolute atomic E-state index is 13.0. The lowest BCUT2D eigenvalue weighted by atomic mass is 10.0. The Bertz CT molecular complexity index is 1170. The Hall–Kier alpha value is -2.87. The summed E-state index contributed by atoms with van der Waals surface area (Å²) < 4.78 is 25.9. The molecule has 0 bridgehead atoms. The number of aromatic nitrogens is 3. The van der Waals surface area contributed by atoms with E-state index < -0.39 is 6.04 Å². The monoisotopic (exact) mass is 529 g/mol. The van der Waals surface area contributed by atoms with Crippen molar-refractivity contribution in [3.63, 3.8) is 0 Å². The molecule has 5 rings (SSSR count). The predicted molar refractivity (Wildman–Crippen MR) is 152 cm³/mol. The molecule has 6 nitrogen and oxygen atoms in total. The second-order valence-electron chi connectivity index (χ2n) is 9.78. The molecule has 3 aromatic heterocycles. The average Bonchev–Trinajstić information content (AvgIpc) is 3.52. The molecule has 3 aromatic rings. The van der Waals surface area contributed by atoms with Gasteiger partial charge in [0.2, 0.25) is 0 Å². The van der Waals surface area contributed by atoms with Gasteiger partial charge in [0.25, 0.3) is 0 Å². The van der Waals surface area contributed by atoms with E-state index in [9.17, 15) is 13.6 Å². The summed E-state index contributed by atoms with van der Waals surface area (Å²) in [6.45, 7) is 17.2. The molecule has 1 saturated carbocycles. The minimum atomic E-state index is -1.21. The number of nitrogens with one attached hydrogen (secondary N) is 1. The van der Waals surface area contributed by atoms with Gasteiger partial charge in [-0.15, -0.1) is 0 Å². The van der Waals surface area contributed by atoms with Crippen LogP contribution in [0.4, 0.5) is 14.5 Å². The first-order valence-corrected chi connectivity index (χ1v) is 13.9. The molecular formula is C30H45F2N5O. The van der Waals surface area contributed by atoms with Gasteiger partial charge in [0.05, 0.1) is 5.69 Å². The van der Waals surface area contributed by atoms with Gasteiger partial charge in [-0.25, -0.2) is 9.37 Å². The Balaban J connectivity index is 0.000000219. The van der Waals surface area contributed by atoms with E-state index in [1.54, 1.807) is 20.0 Å². The Kier molecular flexibility index (Phi) is 12.3. The number of pyridine rings is 2. The van der Waals surface area contributed by atoms with E-state index in [1.807, 2.05) is 37.6 Å². The minimum absolute atomic E-state index is 0.0694. The summed E-state index contributed by atoms with van der Waals surface area (Å²) in [6, 6.07) is 2.44. The van der Waals surface area contributed by atoms with Gasteiger partial charge in [-0.1, -0.05) is 34.1 Å². The lowest BCUT2D eigenvalue weighted by Crippen LogP contribution is -2.52. The number of carbonyl (C=O) groups is 1. The molecule has 1 aliphatic heterocycles. The molecule has 1 aliphatic carbocycles. The van der Waals surface area contributed by atoms with Crippen LogP contribution < -0.4 is 10.2 Å². The summed E-state index contributed by atoms with van der Waals surface area (Å²) in [5, 5.41) is 3.68. The molecule has 2 aliphatic rings. The van der Waals surface area contributed by atoms with Crippen LogP contribution >= 0.6 is 0 Å². The van der Waals surface area contributed by atoms with Gasteiger partial charge in [-0.3, -0.25) is 9.78 Å². The molecule has 4 heterocycles. The SMILES string of the molecule is CC.CCCC(=O)F.CCCc1c(N2CCNC3(CC3)C2)ccnc1C.Cc1cn2ccc(F)c(C)c2n1. The molecule has 8 heteroatoms. The number of fused-ring (bicyclic) bond motifs is 1. The number of imidazole rings is 1. The van der Waals surface area contributed by atoms with Crippen LogP contribution in [0.25, 0.3) is 5.65 Å². The van der Waals surface area contributed by atoms with Crippen molar-refractivity contribution in [3.8, 4) is 0 Å². The summed E-state index contributed by atoms with van der Waals surface area (Å²) in [6.07, 6.45) is 11.2. The van der Waals surface area contributed by atoms with Crippen LogP contribution in [-0.2, 0) is 11.2 Å². The molecule has 0 atom stereocenters. The molecule has 210 valence electrons. The zero-order valence-corrected chi connectivity index (χ0v) is 24.2.